The van der Waals surface area contributed by atoms with Gasteiger partial charge in [-0.2, -0.15) is 5.10 Å². The number of nitrogens with zero attached hydrogens (tertiary/aromatic N) is 3. The van der Waals surface area contributed by atoms with Gasteiger partial charge in [0.1, 0.15) is 11.2 Å². The number of aromatic nitrogens is 2. The largest absolute Gasteiger partial charge is 0.461 e. The molecular formula is C25H32N4O4. The monoisotopic (exact) mass is 452 g/mol. The normalized spacial score (nSPS) is 21.0. The molecule has 0 saturated heterocycles. The predicted octanol–water partition coefficient (Wildman–Crippen LogP) is 3.54. The van der Waals surface area contributed by atoms with E-state index >= 15 is 0 Å². The van der Waals surface area contributed by atoms with Gasteiger partial charge in [0, 0.05) is 17.8 Å². The highest BCUT2D eigenvalue weighted by molar-refractivity contribution is 6.12. The van der Waals surface area contributed by atoms with Crippen LogP contribution in [0.2, 0.25) is 0 Å². The Morgan fingerprint density at radius 3 is 2.58 bits per heavy atom. The topological polar surface area (TPSA) is 93.5 Å². The van der Waals surface area contributed by atoms with Crippen LogP contribution < -0.4 is 10.2 Å². The molecule has 1 aromatic carbocycles. The second-order valence-electron chi connectivity index (χ2n) is 9.31. The van der Waals surface area contributed by atoms with Gasteiger partial charge in [-0.05, 0) is 52.2 Å². The molecule has 1 aromatic heterocycles. The van der Waals surface area contributed by atoms with E-state index in [1.165, 1.54) is 17.2 Å². The third-order valence-electron chi connectivity index (χ3n) is 6.66. The highest BCUT2D eigenvalue weighted by Crippen LogP contribution is 2.35. The highest BCUT2D eigenvalue weighted by Gasteiger charge is 2.50. The Morgan fingerprint density at radius 1 is 1.18 bits per heavy atom. The molecule has 0 bridgehead atoms. The fraction of sp³-hybridized carbons (Fsp3) is 0.520. The molecule has 0 spiro atoms. The number of carbonyl (C=O) groups is 3. The molecule has 1 aliphatic heterocycles. The summed E-state index contributed by atoms with van der Waals surface area (Å²) in [7, 11) is 0. The lowest BCUT2D eigenvalue weighted by Gasteiger charge is -2.44. The second-order valence-corrected chi connectivity index (χ2v) is 9.31. The molecule has 1 fully saturated rings. The molecule has 2 heterocycles. The van der Waals surface area contributed by atoms with E-state index in [-0.39, 0.29) is 42.4 Å². The molecule has 0 unspecified atom stereocenters. The number of hydrogen-bond acceptors (Lipinski definition) is 5. The Labute approximate surface area is 194 Å². The molecule has 33 heavy (non-hydrogen) atoms. The van der Waals surface area contributed by atoms with Crippen molar-refractivity contribution in [2.24, 2.45) is 0 Å². The standard InChI is InChI=1S/C25H32N4O4/c1-5-33-23(31)19-14-21-22(30)29(20-12-11-16(2)13-17(20)3)25(4,15-28(21)27-19)24(32)26-18-9-7-6-8-10-18/h11-14,18H,5-10,15H2,1-4H3,(H,26,32)/t25-/m1/s1. The minimum Gasteiger partial charge on any atom is -0.461 e. The number of esters is 1. The molecule has 1 atom stereocenters. The van der Waals surface area contributed by atoms with Crippen LogP contribution >= 0.6 is 0 Å². The summed E-state index contributed by atoms with van der Waals surface area (Å²) in [5.41, 5.74) is 1.78. The lowest BCUT2D eigenvalue weighted by Crippen LogP contribution is -2.65. The molecule has 2 aromatic rings. The van der Waals surface area contributed by atoms with Gasteiger partial charge in [0.2, 0.25) is 5.91 Å². The van der Waals surface area contributed by atoms with Crippen molar-refractivity contribution in [1.29, 1.82) is 0 Å². The van der Waals surface area contributed by atoms with Crippen molar-refractivity contribution in [2.45, 2.75) is 77.9 Å². The van der Waals surface area contributed by atoms with Crippen molar-refractivity contribution >= 4 is 23.5 Å². The van der Waals surface area contributed by atoms with Crippen LogP contribution in [0.4, 0.5) is 5.69 Å². The summed E-state index contributed by atoms with van der Waals surface area (Å²) < 4.78 is 6.53. The van der Waals surface area contributed by atoms with E-state index in [2.05, 4.69) is 10.4 Å². The number of hydrogen-bond donors (Lipinski definition) is 1. The van der Waals surface area contributed by atoms with Crippen molar-refractivity contribution in [2.75, 3.05) is 11.5 Å². The van der Waals surface area contributed by atoms with Gasteiger partial charge in [-0.3, -0.25) is 19.2 Å². The zero-order chi connectivity index (χ0) is 23.8. The maximum absolute atomic E-state index is 13.8. The maximum atomic E-state index is 13.8. The molecule has 4 rings (SSSR count). The fourth-order valence-corrected chi connectivity index (χ4v) is 4.91. The number of amides is 2. The zero-order valence-corrected chi connectivity index (χ0v) is 19.8. The Morgan fingerprint density at radius 2 is 1.91 bits per heavy atom. The van der Waals surface area contributed by atoms with E-state index in [0.717, 1.165) is 36.8 Å². The summed E-state index contributed by atoms with van der Waals surface area (Å²) in [6, 6.07) is 7.37. The van der Waals surface area contributed by atoms with E-state index in [0.29, 0.717) is 5.69 Å². The minimum absolute atomic E-state index is 0.0673. The molecule has 2 amide bonds. The summed E-state index contributed by atoms with van der Waals surface area (Å²) in [5, 5.41) is 7.52. The van der Waals surface area contributed by atoms with Crippen LogP contribution in [0.5, 0.6) is 0 Å². The average Bonchev–Trinajstić information content (AvgIpc) is 3.20. The van der Waals surface area contributed by atoms with Crippen molar-refractivity contribution in [1.82, 2.24) is 15.1 Å². The van der Waals surface area contributed by atoms with Gasteiger partial charge in [0.15, 0.2) is 5.69 Å². The second kappa shape index (κ2) is 9.00. The first-order chi connectivity index (χ1) is 15.7. The van der Waals surface area contributed by atoms with E-state index < -0.39 is 11.5 Å². The average molecular weight is 453 g/mol. The Kier molecular flexibility index (Phi) is 6.28. The Balaban J connectivity index is 1.77. The molecule has 1 N–H and O–H groups in total. The molecule has 1 aliphatic carbocycles. The molecule has 176 valence electrons. The lowest BCUT2D eigenvalue weighted by molar-refractivity contribution is -0.127. The number of benzene rings is 1. The SMILES string of the molecule is CCOC(=O)c1cc2n(n1)C[C@](C)(C(=O)NC1CCCCC1)N(c1ccc(C)cc1C)C2=O. The van der Waals surface area contributed by atoms with E-state index in [4.69, 9.17) is 4.74 Å². The van der Waals surface area contributed by atoms with Crippen molar-refractivity contribution < 1.29 is 19.1 Å². The van der Waals surface area contributed by atoms with Crippen LogP contribution in [0.3, 0.4) is 0 Å². The molecule has 1 saturated carbocycles. The van der Waals surface area contributed by atoms with Crippen LogP contribution in [-0.4, -0.2) is 45.8 Å². The zero-order valence-electron chi connectivity index (χ0n) is 19.8. The third kappa shape index (κ3) is 4.26. The predicted molar refractivity (Wildman–Crippen MR) is 124 cm³/mol. The highest BCUT2D eigenvalue weighted by atomic mass is 16.5. The van der Waals surface area contributed by atoms with Crippen molar-refractivity contribution in [3.8, 4) is 0 Å². The number of aryl methyl sites for hydroxylation is 2. The van der Waals surface area contributed by atoms with Gasteiger partial charge in [0.25, 0.3) is 5.91 Å². The maximum Gasteiger partial charge on any atom is 0.358 e. The van der Waals surface area contributed by atoms with Crippen LogP contribution in [0.1, 0.15) is 78.1 Å². The van der Waals surface area contributed by atoms with E-state index in [1.54, 1.807) is 18.7 Å². The van der Waals surface area contributed by atoms with Crippen LogP contribution in [0.15, 0.2) is 24.3 Å². The van der Waals surface area contributed by atoms with Gasteiger partial charge in [-0.15, -0.1) is 0 Å². The summed E-state index contributed by atoms with van der Waals surface area (Å²) in [4.78, 5) is 41.3. The van der Waals surface area contributed by atoms with Crippen LogP contribution in [0.25, 0.3) is 0 Å². The van der Waals surface area contributed by atoms with Crippen molar-refractivity contribution in [3.63, 3.8) is 0 Å². The Hall–Kier alpha value is -3.16. The van der Waals surface area contributed by atoms with Gasteiger partial charge in [-0.25, -0.2) is 4.79 Å². The smallest absolute Gasteiger partial charge is 0.358 e. The quantitative estimate of drug-likeness (QED) is 0.701. The summed E-state index contributed by atoms with van der Waals surface area (Å²) in [6.45, 7) is 7.77. The molecule has 8 nitrogen and oxygen atoms in total. The summed E-state index contributed by atoms with van der Waals surface area (Å²) in [5.74, 6) is -1.15. The van der Waals surface area contributed by atoms with Gasteiger partial charge >= 0.3 is 5.97 Å². The van der Waals surface area contributed by atoms with Gasteiger partial charge < -0.3 is 10.1 Å². The van der Waals surface area contributed by atoms with Crippen LogP contribution in [-0.2, 0) is 16.1 Å². The number of carbonyl (C=O) groups excluding carboxylic acids is 3. The Bertz CT molecular complexity index is 1090. The summed E-state index contributed by atoms with van der Waals surface area (Å²) in [6.07, 6.45) is 5.25. The fourth-order valence-electron chi connectivity index (χ4n) is 4.91. The van der Waals surface area contributed by atoms with E-state index in [9.17, 15) is 14.4 Å². The third-order valence-corrected chi connectivity index (χ3v) is 6.66. The molecular weight excluding hydrogens is 420 g/mol. The van der Waals surface area contributed by atoms with Crippen LogP contribution in [0, 0.1) is 13.8 Å². The number of rotatable bonds is 5. The first-order valence-corrected chi connectivity index (χ1v) is 11.7. The molecule has 2 aliphatic rings. The number of ether oxygens (including phenoxy) is 1. The van der Waals surface area contributed by atoms with Crippen molar-refractivity contribution in [3.05, 3.63) is 46.8 Å². The summed E-state index contributed by atoms with van der Waals surface area (Å²) >= 11 is 0. The first-order valence-electron chi connectivity index (χ1n) is 11.7. The molecule has 8 heteroatoms. The minimum atomic E-state index is -1.21. The number of nitrogens with one attached hydrogen (secondary N) is 1. The molecule has 0 radical (unpaired) electrons. The lowest BCUT2D eigenvalue weighted by atomic mass is 9.90. The number of anilines is 1. The van der Waals surface area contributed by atoms with Gasteiger partial charge in [0.05, 0.1) is 13.2 Å². The van der Waals surface area contributed by atoms with E-state index in [1.807, 2.05) is 32.0 Å². The van der Waals surface area contributed by atoms with Gasteiger partial charge in [-0.1, -0.05) is 37.0 Å². The first kappa shape index (κ1) is 23.0. The number of fused-ring (bicyclic) bond motifs is 1.